The fourth-order valence-electron chi connectivity index (χ4n) is 3.17. The zero-order chi connectivity index (χ0) is 19.1. The molecule has 6 heteroatoms. The van der Waals surface area contributed by atoms with E-state index in [1.54, 1.807) is 19.2 Å². The monoisotopic (exact) mass is 375 g/mol. The van der Waals surface area contributed by atoms with Gasteiger partial charge in [-0.3, -0.25) is 4.90 Å². The van der Waals surface area contributed by atoms with Crippen LogP contribution in [0.2, 0.25) is 0 Å². The number of hydrogen-bond acceptors (Lipinski definition) is 5. The number of hydrogen-bond donors (Lipinski definition) is 1. The molecule has 0 aliphatic carbocycles. The summed E-state index contributed by atoms with van der Waals surface area (Å²) < 4.78 is 29.7. The molecule has 5 nitrogen and oxygen atoms in total. The zero-order valence-corrected chi connectivity index (χ0v) is 15.5. The number of aliphatic hydroxyl groups excluding tert-OH is 1. The van der Waals surface area contributed by atoms with Crippen molar-refractivity contribution in [3.63, 3.8) is 0 Å². The lowest BCUT2D eigenvalue weighted by atomic mass is 10.1. The van der Waals surface area contributed by atoms with Crippen LogP contribution in [0.4, 0.5) is 4.39 Å². The quantitative estimate of drug-likeness (QED) is 0.769. The van der Waals surface area contributed by atoms with E-state index in [9.17, 15) is 9.50 Å². The van der Waals surface area contributed by atoms with E-state index in [-0.39, 0.29) is 18.5 Å². The molecule has 0 aromatic heterocycles. The topological polar surface area (TPSA) is 51.2 Å². The Hall–Kier alpha value is -1.99. The van der Waals surface area contributed by atoms with Gasteiger partial charge in [0.05, 0.1) is 39.1 Å². The average Bonchev–Trinajstić information content (AvgIpc) is 2.69. The Morgan fingerprint density at radius 1 is 1.26 bits per heavy atom. The summed E-state index contributed by atoms with van der Waals surface area (Å²) in [6.45, 7) is 3.20. The van der Waals surface area contributed by atoms with Crippen molar-refractivity contribution in [2.75, 3.05) is 40.0 Å². The summed E-state index contributed by atoms with van der Waals surface area (Å²) in [6.07, 6.45) is -0.688. The molecular formula is C21H26FNO4. The minimum absolute atomic E-state index is 0.107. The Kier molecular flexibility index (Phi) is 7.18. The molecule has 1 N–H and O–H groups in total. The van der Waals surface area contributed by atoms with Crippen molar-refractivity contribution in [3.8, 4) is 5.75 Å². The zero-order valence-electron chi connectivity index (χ0n) is 15.5. The third kappa shape index (κ3) is 6.01. The Bertz CT molecular complexity index is 710. The summed E-state index contributed by atoms with van der Waals surface area (Å²) in [4.78, 5) is 2.15. The second-order valence-corrected chi connectivity index (χ2v) is 6.69. The number of ether oxygens (including phenoxy) is 3. The molecule has 1 fully saturated rings. The Labute approximate surface area is 159 Å². The van der Waals surface area contributed by atoms with Gasteiger partial charge in [-0.05, 0) is 35.4 Å². The van der Waals surface area contributed by atoms with Gasteiger partial charge in [0, 0.05) is 19.6 Å². The molecule has 2 atom stereocenters. The predicted octanol–water partition coefficient (Wildman–Crippen LogP) is 2.79. The second kappa shape index (κ2) is 9.80. The normalized spacial score (nSPS) is 19.0. The van der Waals surface area contributed by atoms with Crippen molar-refractivity contribution in [2.45, 2.75) is 18.8 Å². The summed E-state index contributed by atoms with van der Waals surface area (Å²) in [6, 6.07) is 14.1. The first-order valence-corrected chi connectivity index (χ1v) is 9.12. The highest BCUT2D eigenvalue weighted by Gasteiger charge is 2.23. The molecule has 2 aromatic rings. The van der Waals surface area contributed by atoms with Crippen molar-refractivity contribution in [1.82, 2.24) is 4.90 Å². The fourth-order valence-corrected chi connectivity index (χ4v) is 3.17. The van der Waals surface area contributed by atoms with Crippen LogP contribution in [0.5, 0.6) is 5.75 Å². The summed E-state index contributed by atoms with van der Waals surface area (Å²) >= 11 is 0. The molecule has 1 aliphatic heterocycles. The SMILES string of the molecule is COc1cccc(COCC(O)CN2CCOC(c3ccc(F)cc3)C2)c1. The molecule has 2 unspecified atom stereocenters. The number of halogens is 1. The number of methoxy groups -OCH3 is 1. The van der Waals surface area contributed by atoms with E-state index in [0.29, 0.717) is 26.3 Å². The first kappa shape index (κ1) is 19.8. The lowest BCUT2D eigenvalue weighted by Crippen LogP contribution is -2.43. The summed E-state index contributed by atoms with van der Waals surface area (Å²) in [5, 5.41) is 10.3. The molecular weight excluding hydrogens is 349 g/mol. The maximum absolute atomic E-state index is 13.1. The van der Waals surface area contributed by atoms with Crippen LogP contribution in [-0.2, 0) is 16.1 Å². The molecule has 0 spiro atoms. The summed E-state index contributed by atoms with van der Waals surface area (Å²) in [7, 11) is 1.63. The molecule has 0 bridgehead atoms. The van der Waals surface area contributed by atoms with Crippen LogP contribution in [0.3, 0.4) is 0 Å². The van der Waals surface area contributed by atoms with Crippen molar-refractivity contribution in [2.24, 2.45) is 0 Å². The van der Waals surface area contributed by atoms with Crippen molar-refractivity contribution in [1.29, 1.82) is 0 Å². The highest BCUT2D eigenvalue weighted by atomic mass is 19.1. The van der Waals surface area contributed by atoms with Crippen molar-refractivity contribution in [3.05, 3.63) is 65.5 Å². The van der Waals surface area contributed by atoms with Crippen LogP contribution in [-0.4, -0.2) is 56.1 Å². The fraction of sp³-hybridized carbons (Fsp3) is 0.429. The second-order valence-electron chi connectivity index (χ2n) is 6.69. The molecule has 0 saturated carbocycles. The number of aliphatic hydroxyl groups is 1. The summed E-state index contributed by atoms with van der Waals surface area (Å²) in [5.74, 6) is 0.534. The van der Waals surface area contributed by atoms with E-state index >= 15 is 0 Å². The maximum Gasteiger partial charge on any atom is 0.123 e. The third-order valence-corrected chi connectivity index (χ3v) is 4.57. The average molecular weight is 375 g/mol. The van der Waals surface area contributed by atoms with E-state index in [1.807, 2.05) is 24.3 Å². The van der Waals surface area contributed by atoms with E-state index < -0.39 is 6.10 Å². The molecule has 0 amide bonds. The Morgan fingerprint density at radius 2 is 2.07 bits per heavy atom. The van der Waals surface area contributed by atoms with Gasteiger partial charge in [0.25, 0.3) is 0 Å². The predicted molar refractivity (Wildman–Crippen MR) is 100 cm³/mol. The molecule has 0 radical (unpaired) electrons. The molecule has 146 valence electrons. The van der Waals surface area contributed by atoms with Gasteiger partial charge in [0.15, 0.2) is 0 Å². The van der Waals surface area contributed by atoms with Gasteiger partial charge >= 0.3 is 0 Å². The van der Waals surface area contributed by atoms with Crippen LogP contribution < -0.4 is 4.74 Å². The lowest BCUT2D eigenvalue weighted by Gasteiger charge is -2.34. The van der Waals surface area contributed by atoms with Gasteiger partial charge in [0.1, 0.15) is 11.6 Å². The highest BCUT2D eigenvalue weighted by Crippen LogP contribution is 2.22. The molecule has 1 heterocycles. The van der Waals surface area contributed by atoms with E-state index in [1.165, 1.54) is 12.1 Å². The molecule has 1 aliphatic rings. The highest BCUT2D eigenvalue weighted by molar-refractivity contribution is 5.27. The third-order valence-electron chi connectivity index (χ3n) is 4.57. The van der Waals surface area contributed by atoms with Gasteiger partial charge in [-0.2, -0.15) is 0 Å². The van der Waals surface area contributed by atoms with Crippen molar-refractivity contribution < 1.29 is 23.7 Å². The molecule has 27 heavy (non-hydrogen) atoms. The van der Waals surface area contributed by atoms with Crippen LogP contribution >= 0.6 is 0 Å². The first-order valence-electron chi connectivity index (χ1n) is 9.12. The van der Waals surface area contributed by atoms with Crippen molar-refractivity contribution >= 4 is 0 Å². The maximum atomic E-state index is 13.1. The minimum Gasteiger partial charge on any atom is -0.497 e. The number of nitrogens with zero attached hydrogens (tertiary/aromatic N) is 1. The lowest BCUT2D eigenvalue weighted by molar-refractivity contribution is -0.0536. The number of benzene rings is 2. The number of morpholine rings is 1. The summed E-state index contributed by atoms with van der Waals surface area (Å²) in [5.41, 5.74) is 1.95. The van der Waals surface area contributed by atoms with E-state index in [4.69, 9.17) is 14.2 Å². The molecule has 1 saturated heterocycles. The molecule has 3 rings (SSSR count). The number of β-amino-alcohol motifs (C(OH)–C–C–N with tert-alkyl or cyclic N) is 1. The first-order chi connectivity index (χ1) is 13.1. The Morgan fingerprint density at radius 3 is 2.85 bits per heavy atom. The number of rotatable bonds is 8. The van der Waals surface area contributed by atoms with Gasteiger partial charge in [0.2, 0.25) is 0 Å². The van der Waals surface area contributed by atoms with Gasteiger partial charge < -0.3 is 19.3 Å². The van der Waals surface area contributed by atoms with E-state index in [0.717, 1.165) is 23.4 Å². The van der Waals surface area contributed by atoms with E-state index in [2.05, 4.69) is 4.90 Å². The Balaban J connectivity index is 1.43. The van der Waals surface area contributed by atoms with Crippen LogP contribution in [0, 0.1) is 5.82 Å². The van der Waals surface area contributed by atoms with Crippen LogP contribution in [0.1, 0.15) is 17.2 Å². The smallest absolute Gasteiger partial charge is 0.123 e. The standard InChI is InChI=1S/C21H26FNO4/c1-25-20-4-2-3-16(11-20)14-26-15-19(24)12-23-9-10-27-21(13-23)17-5-7-18(22)8-6-17/h2-8,11,19,21,24H,9-10,12-15H2,1H3. The van der Waals surface area contributed by atoms with Crippen LogP contribution in [0.25, 0.3) is 0 Å². The van der Waals surface area contributed by atoms with Gasteiger partial charge in [-0.25, -0.2) is 4.39 Å². The van der Waals surface area contributed by atoms with Crippen LogP contribution in [0.15, 0.2) is 48.5 Å². The minimum atomic E-state index is -0.581. The molecule has 2 aromatic carbocycles. The van der Waals surface area contributed by atoms with Gasteiger partial charge in [-0.1, -0.05) is 24.3 Å². The van der Waals surface area contributed by atoms with Gasteiger partial charge in [-0.15, -0.1) is 0 Å². The largest absolute Gasteiger partial charge is 0.497 e.